The first-order chi connectivity index (χ1) is 9.96. The van der Waals surface area contributed by atoms with Gasteiger partial charge in [0.25, 0.3) is 0 Å². The summed E-state index contributed by atoms with van der Waals surface area (Å²) in [7, 11) is 0. The third kappa shape index (κ3) is 5.47. The smallest absolute Gasteiger partial charge is 0.410 e. The van der Waals surface area contributed by atoms with E-state index in [1.165, 1.54) is 12.8 Å². The Balaban J connectivity index is 1.97. The molecular weight excluding hydrogens is 268 g/mol. The van der Waals surface area contributed by atoms with E-state index in [2.05, 4.69) is 5.32 Å². The number of nitrogens with zero attached hydrogens (tertiary/aromatic N) is 1. The highest BCUT2D eigenvalue weighted by Gasteiger charge is 2.31. The van der Waals surface area contributed by atoms with Crippen molar-refractivity contribution in [1.82, 2.24) is 10.2 Å². The predicted molar refractivity (Wildman–Crippen MR) is 82.4 cm³/mol. The van der Waals surface area contributed by atoms with E-state index in [4.69, 9.17) is 9.47 Å². The van der Waals surface area contributed by atoms with Crippen molar-refractivity contribution in [2.75, 3.05) is 32.8 Å². The summed E-state index contributed by atoms with van der Waals surface area (Å²) in [5.41, 5.74) is -0.441. The first-order valence-corrected chi connectivity index (χ1v) is 8.24. The fraction of sp³-hybridized carbons (Fsp3) is 0.938. The lowest BCUT2D eigenvalue weighted by Crippen LogP contribution is -2.45. The molecule has 0 spiro atoms. The monoisotopic (exact) mass is 298 g/mol. The van der Waals surface area contributed by atoms with Crippen molar-refractivity contribution in [3.8, 4) is 0 Å². The van der Waals surface area contributed by atoms with Gasteiger partial charge in [0.05, 0.1) is 6.61 Å². The van der Waals surface area contributed by atoms with Crippen LogP contribution in [0.25, 0.3) is 0 Å². The second kappa shape index (κ2) is 7.45. The molecule has 0 bridgehead atoms. The number of ether oxygens (including phenoxy) is 2. The van der Waals surface area contributed by atoms with Crippen molar-refractivity contribution >= 4 is 6.09 Å². The lowest BCUT2D eigenvalue weighted by molar-refractivity contribution is 0.0135. The molecule has 0 aromatic rings. The second-order valence-electron chi connectivity index (χ2n) is 7.16. The largest absolute Gasteiger partial charge is 0.444 e. The summed E-state index contributed by atoms with van der Waals surface area (Å²) in [6.45, 7) is 9.95. The Morgan fingerprint density at radius 3 is 2.62 bits per heavy atom. The number of hydrogen-bond acceptors (Lipinski definition) is 4. The van der Waals surface area contributed by atoms with Crippen molar-refractivity contribution < 1.29 is 14.3 Å². The van der Waals surface area contributed by atoms with Crippen LogP contribution >= 0.6 is 0 Å². The molecule has 21 heavy (non-hydrogen) atoms. The van der Waals surface area contributed by atoms with Crippen molar-refractivity contribution in [3.63, 3.8) is 0 Å². The van der Waals surface area contributed by atoms with Crippen LogP contribution in [0.4, 0.5) is 4.79 Å². The van der Waals surface area contributed by atoms with Gasteiger partial charge in [-0.1, -0.05) is 0 Å². The zero-order valence-corrected chi connectivity index (χ0v) is 13.7. The molecule has 0 aromatic heterocycles. The van der Waals surface area contributed by atoms with Gasteiger partial charge in [-0.2, -0.15) is 0 Å². The fourth-order valence-corrected chi connectivity index (χ4v) is 3.13. The summed E-state index contributed by atoms with van der Waals surface area (Å²) in [5.74, 6) is 0.708. The standard InChI is InChI=1S/C16H30N2O3/c1-16(2,3)21-15(19)18-9-11-20-10-6-14(18)12-13-4-7-17-8-5-13/h13-14,17H,4-12H2,1-3H3. The molecule has 2 saturated heterocycles. The minimum absolute atomic E-state index is 0.188. The maximum absolute atomic E-state index is 12.5. The molecular formula is C16H30N2O3. The van der Waals surface area contributed by atoms with Crippen LogP contribution in [0.15, 0.2) is 0 Å². The Morgan fingerprint density at radius 2 is 1.95 bits per heavy atom. The molecule has 2 aliphatic rings. The molecule has 1 atom stereocenters. The van der Waals surface area contributed by atoms with Crippen LogP contribution in [0.3, 0.4) is 0 Å². The Hall–Kier alpha value is -0.810. The Kier molecular flexibility index (Phi) is 5.88. The van der Waals surface area contributed by atoms with Crippen LogP contribution in [0.1, 0.15) is 46.5 Å². The summed E-state index contributed by atoms with van der Waals surface area (Å²) in [6.07, 6.45) is 4.22. The molecule has 5 heteroatoms. The molecule has 2 fully saturated rings. The molecule has 5 nitrogen and oxygen atoms in total. The number of piperidine rings is 1. The molecule has 0 radical (unpaired) electrons. The van der Waals surface area contributed by atoms with Crippen molar-refractivity contribution in [3.05, 3.63) is 0 Å². The van der Waals surface area contributed by atoms with Crippen LogP contribution in [0.2, 0.25) is 0 Å². The highest BCUT2D eigenvalue weighted by Crippen LogP contribution is 2.25. The van der Waals surface area contributed by atoms with E-state index in [-0.39, 0.29) is 12.1 Å². The number of carbonyl (C=O) groups excluding carboxylic acids is 1. The van der Waals surface area contributed by atoms with Crippen LogP contribution in [0, 0.1) is 5.92 Å². The van der Waals surface area contributed by atoms with Crippen LogP contribution < -0.4 is 5.32 Å². The van der Waals surface area contributed by atoms with Crippen molar-refractivity contribution in [2.24, 2.45) is 5.92 Å². The highest BCUT2D eigenvalue weighted by atomic mass is 16.6. The van der Waals surface area contributed by atoms with Crippen LogP contribution in [0.5, 0.6) is 0 Å². The van der Waals surface area contributed by atoms with E-state index in [0.717, 1.165) is 32.5 Å². The van der Waals surface area contributed by atoms with E-state index in [1.807, 2.05) is 25.7 Å². The van der Waals surface area contributed by atoms with Crippen molar-refractivity contribution in [2.45, 2.75) is 58.1 Å². The molecule has 1 N–H and O–H groups in total. The zero-order chi connectivity index (χ0) is 15.3. The first-order valence-electron chi connectivity index (χ1n) is 8.24. The maximum atomic E-state index is 12.5. The number of rotatable bonds is 2. The summed E-state index contributed by atoms with van der Waals surface area (Å²) in [5, 5.41) is 3.40. The molecule has 122 valence electrons. The number of amides is 1. The summed E-state index contributed by atoms with van der Waals surface area (Å²) in [6, 6.07) is 0.255. The Labute approximate surface area is 128 Å². The molecule has 1 amide bonds. The van der Waals surface area contributed by atoms with Gasteiger partial charge in [0.1, 0.15) is 5.60 Å². The lowest BCUT2D eigenvalue weighted by atomic mass is 9.89. The van der Waals surface area contributed by atoms with Crippen LogP contribution in [-0.4, -0.2) is 55.5 Å². The van der Waals surface area contributed by atoms with Gasteiger partial charge in [0, 0.05) is 19.2 Å². The average Bonchev–Trinajstić information content (AvgIpc) is 2.63. The van der Waals surface area contributed by atoms with Gasteiger partial charge in [-0.3, -0.25) is 0 Å². The van der Waals surface area contributed by atoms with Gasteiger partial charge in [0.15, 0.2) is 0 Å². The maximum Gasteiger partial charge on any atom is 0.410 e. The second-order valence-corrected chi connectivity index (χ2v) is 7.16. The summed E-state index contributed by atoms with van der Waals surface area (Å²) in [4.78, 5) is 14.4. The van der Waals surface area contributed by atoms with Gasteiger partial charge in [-0.25, -0.2) is 4.79 Å². The molecule has 0 aromatic carbocycles. The Morgan fingerprint density at radius 1 is 1.24 bits per heavy atom. The molecule has 0 saturated carbocycles. The highest BCUT2D eigenvalue weighted by molar-refractivity contribution is 5.68. The van der Waals surface area contributed by atoms with Gasteiger partial charge < -0.3 is 19.7 Å². The van der Waals surface area contributed by atoms with E-state index in [1.54, 1.807) is 0 Å². The number of nitrogens with one attached hydrogen (secondary N) is 1. The average molecular weight is 298 g/mol. The molecule has 2 rings (SSSR count). The first kappa shape index (κ1) is 16.6. The summed E-state index contributed by atoms with van der Waals surface area (Å²) < 4.78 is 11.1. The Bertz CT molecular complexity index is 335. The van der Waals surface area contributed by atoms with Gasteiger partial charge in [-0.15, -0.1) is 0 Å². The summed E-state index contributed by atoms with van der Waals surface area (Å²) >= 11 is 0. The van der Waals surface area contributed by atoms with E-state index < -0.39 is 5.60 Å². The van der Waals surface area contributed by atoms with E-state index >= 15 is 0 Å². The number of carbonyl (C=O) groups is 1. The SMILES string of the molecule is CC(C)(C)OC(=O)N1CCOCCC1CC1CCNCC1. The normalized spacial score (nSPS) is 25.5. The lowest BCUT2D eigenvalue weighted by Gasteiger charge is -2.34. The molecule has 2 heterocycles. The van der Waals surface area contributed by atoms with E-state index in [9.17, 15) is 4.79 Å². The van der Waals surface area contributed by atoms with E-state index in [0.29, 0.717) is 19.1 Å². The third-order valence-corrected chi connectivity index (χ3v) is 4.20. The van der Waals surface area contributed by atoms with Gasteiger partial charge in [0.2, 0.25) is 0 Å². The molecule has 0 aliphatic carbocycles. The minimum atomic E-state index is -0.441. The predicted octanol–water partition coefficient (Wildman–Crippen LogP) is 2.40. The quantitative estimate of drug-likeness (QED) is 0.850. The van der Waals surface area contributed by atoms with Crippen molar-refractivity contribution in [1.29, 1.82) is 0 Å². The molecule has 2 aliphatic heterocycles. The number of hydrogen-bond donors (Lipinski definition) is 1. The topological polar surface area (TPSA) is 50.8 Å². The fourth-order valence-electron chi connectivity index (χ4n) is 3.13. The zero-order valence-electron chi connectivity index (χ0n) is 13.7. The molecule has 1 unspecified atom stereocenters. The van der Waals surface area contributed by atoms with Gasteiger partial charge >= 0.3 is 6.09 Å². The third-order valence-electron chi connectivity index (χ3n) is 4.20. The van der Waals surface area contributed by atoms with Gasteiger partial charge in [-0.05, 0) is 65.5 Å². The minimum Gasteiger partial charge on any atom is -0.444 e. The van der Waals surface area contributed by atoms with Crippen LogP contribution in [-0.2, 0) is 9.47 Å².